The largest absolute Gasteiger partial charge is 0.480 e. The third-order valence-corrected chi connectivity index (χ3v) is 7.55. The molecule has 1 fully saturated rings. The van der Waals surface area contributed by atoms with Crippen LogP contribution in [0.1, 0.15) is 60.0 Å². The van der Waals surface area contributed by atoms with E-state index in [1.807, 2.05) is 0 Å². The van der Waals surface area contributed by atoms with Gasteiger partial charge in [-0.1, -0.05) is 11.3 Å². The highest BCUT2D eigenvalue weighted by molar-refractivity contribution is 7.13. The molecule has 1 aliphatic heterocycles. The lowest BCUT2D eigenvalue weighted by molar-refractivity contribution is -0.0230. The number of nitrogens with one attached hydrogen (secondary N) is 1. The van der Waals surface area contributed by atoms with Crippen molar-refractivity contribution in [1.29, 1.82) is 0 Å². The number of hydrogen-bond acceptors (Lipinski definition) is 7. The number of thiazole rings is 1. The van der Waals surface area contributed by atoms with E-state index < -0.39 is 12.5 Å². The SMILES string of the molecule is COc1ncccc1C(=O)NC1CCC(CCN2CCc3sc(OCC(C)(F)F)nc3C2)CC1. The first kappa shape index (κ1) is 24.8. The van der Waals surface area contributed by atoms with Gasteiger partial charge in [-0.05, 0) is 63.1 Å². The van der Waals surface area contributed by atoms with Crippen LogP contribution in [0.4, 0.5) is 8.78 Å². The smallest absolute Gasteiger partial charge is 0.278 e. The van der Waals surface area contributed by atoms with Gasteiger partial charge in [0.25, 0.3) is 17.0 Å². The number of ether oxygens (including phenoxy) is 2. The molecule has 0 bridgehead atoms. The maximum absolute atomic E-state index is 13.0. The van der Waals surface area contributed by atoms with Crippen molar-refractivity contribution in [2.24, 2.45) is 5.92 Å². The zero-order valence-electron chi connectivity index (χ0n) is 19.7. The van der Waals surface area contributed by atoms with E-state index in [1.54, 1.807) is 18.3 Å². The van der Waals surface area contributed by atoms with E-state index in [1.165, 1.54) is 18.4 Å². The number of alkyl halides is 2. The normalized spacial score (nSPS) is 21.1. The second-order valence-electron chi connectivity index (χ2n) is 9.27. The fraction of sp³-hybridized carbons (Fsp3) is 0.625. The van der Waals surface area contributed by atoms with Crippen molar-refractivity contribution in [2.75, 3.05) is 26.8 Å². The Bertz CT molecular complexity index is 973. The molecule has 4 rings (SSSR count). The molecule has 0 radical (unpaired) electrons. The first-order valence-corrected chi connectivity index (χ1v) is 12.6. The van der Waals surface area contributed by atoms with Gasteiger partial charge >= 0.3 is 0 Å². The van der Waals surface area contributed by atoms with Gasteiger partial charge in [-0.3, -0.25) is 9.69 Å². The van der Waals surface area contributed by atoms with Crippen molar-refractivity contribution in [2.45, 2.75) is 64.0 Å². The number of rotatable bonds is 9. The van der Waals surface area contributed by atoms with E-state index in [4.69, 9.17) is 9.47 Å². The van der Waals surface area contributed by atoms with Gasteiger partial charge in [-0.2, -0.15) is 0 Å². The summed E-state index contributed by atoms with van der Waals surface area (Å²) in [5.74, 6) is -2.00. The lowest BCUT2D eigenvalue weighted by Crippen LogP contribution is -2.38. The van der Waals surface area contributed by atoms with Gasteiger partial charge in [-0.25, -0.2) is 18.7 Å². The quantitative estimate of drug-likeness (QED) is 0.560. The van der Waals surface area contributed by atoms with Gasteiger partial charge in [0.1, 0.15) is 5.56 Å². The summed E-state index contributed by atoms with van der Waals surface area (Å²) in [5, 5.41) is 3.48. The number of fused-ring (bicyclic) bond motifs is 1. The average molecular weight is 495 g/mol. The molecular formula is C24H32F2N4O3S. The number of hydrogen-bond donors (Lipinski definition) is 1. The zero-order valence-corrected chi connectivity index (χ0v) is 20.5. The van der Waals surface area contributed by atoms with Crippen LogP contribution in [0.25, 0.3) is 0 Å². The maximum atomic E-state index is 13.0. The Balaban J connectivity index is 1.19. The number of halogens is 2. The molecule has 10 heteroatoms. The van der Waals surface area contributed by atoms with Crippen LogP contribution in [-0.2, 0) is 13.0 Å². The fourth-order valence-electron chi connectivity index (χ4n) is 4.62. The minimum absolute atomic E-state index is 0.133. The van der Waals surface area contributed by atoms with E-state index >= 15 is 0 Å². The van der Waals surface area contributed by atoms with Crippen molar-refractivity contribution in [3.63, 3.8) is 0 Å². The summed E-state index contributed by atoms with van der Waals surface area (Å²) in [7, 11) is 1.52. The van der Waals surface area contributed by atoms with Crippen LogP contribution in [0.15, 0.2) is 18.3 Å². The minimum Gasteiger partial charge on any atom is -0.480 e. The van der Waals surface area contributed by atoms with Crippen molar-refractivity contribution >= 4 is 17.2 Å². The predicted molar refractivity (Wildman–Crippen MR) is 126 cm³/mol. The van der Waals surface area contributed by atoms with E-state index in [9.17, 15) is 13.6 Å². The highest BCUT2D eigenvalue weighted by Gasteiger charge is 2.27. The van der Waals surface area contributed by atoms with Crippen LogP contribution in [-0.4, -0.2) is 59.5 Å². The molecule has 1 aliphatic carbocycles. The maximum Gasteiger partial charge on any atom is 0.278 e. The predicted octanol–water partition coefficient (Wildman–Crippen LogP) is 4.32. The molecule has 3 heterocycles. The summed E-state index contributed by atoms with van der Waals surface area (Å²) in [4.78, 5) is 24.7. The molecule has 0 spiro atoms. The van der Waals surface area contributed by atoms with Gasteiger partial charge in [0.05, 0.1) is 12.8 Å². The monoisotopic (exact) mass is 494 g/mol. The number of aromatic nitrogens is 2. The number of amides is 1. The van der Waals surface area contributed by atoms with Crippen LogP contribution in [0.5, 0.6) is 11.1 Å². The summed E-state index contributed by atoms with van der Waals surface area (Å²) < 4.78 is 36.5. The van der Waals surface area contributed by atoms with Gasteiger partial charge in [0.15, 0.2) is 6.61 Å². The van der Waals surface area contributed by atoms with E-state index in [0.717, 1.165) is 75.7 Å². The molecule has 0 aromatic carbocycles. The molecule has 7 nitrogen and oxygen atoms in total. The number of carbonyl (C=O) groups excluding carboxylic acids is 1. The second kappa shape index (κ2) is 10.9. The third-order valence-electron chi connectivity index (χ3n) is 6.48. The molecule has 2 aromatic rings. The topological polar surface area (TPSA) is 76.6 Å². The Morgan fingerprint density at radius 1 is 1.32 bits per heavy atom. The Hall–Kier alpha value is -2.33. The van der Waals surface area contributed by atoms with Gasteiger partial charge < -0.3 is 14.8 Å². The Morgan fingerprint density at radius 2 is 2.12 bits per heavy atom. The highest BCUT2D eigenvalue weighted by atomic mass is 32.1. The van der Waals surface area contributed by atoms with Gasteiger partial charge in [-0.15, -0.1) is 0 Å². The molecule has 0 atom stereocenters. The van der Waals surface area contributed by atoms with E-state index in [2.05, 4.69) is 20.2 Å². The molecule has 1 N–H and O–H groups in total. The van der Waals surface area contributed by atoms with Gasteiger partial charge in [0.2, 0.25) is 5.88 Å². The molecule has 0 unspecified atom stereocenters. The third kappa shape index (κ3) is 6.63. The summed E-state index contributed by atoms with van der Waals surface area (Å²) in [6.07, 6.45) is 7.73. The average Bonchev–Trinajstić information content (AvgIpc) is 3.24. The number of nitrogens with zero attached hydrogens (tertiary/aromatic N) is 3. The van der Waals surface area contributed by atoms with Crippen molar-refractivity contribution in [1.82, 2.24) is 20.2 Å². The van der Waals surface area contributed by atoms with Crippen molar-refractivity contribution < 1.29 is 23.0 Å². The number of methoxy groups -OCH3 is 1. The summed E-state index contributed by atoms with van der Waals surface area (Å²) in [6.45, 7) is 2.91. The molecule has 2 aromatic heterocycles. The number of pyridine rings is 1. The summed E-state index contributed by atoms with van der Waals surface area (Å²) in [5.41, 5.74) is 1.43. The van der Waals surface area contributed by atoms with Crippen LogP contribution in [0.3, 0.4) is 0 Å². The molecule has 2 aliphatic rings. The summed E-state index contributed by atoms with van der Waals surface area (Å²) in [6, 6.07) is 3.64. The van der Waals surface area contributed by atoms with Crippen LogP contribution >= 0.6 is 11.3 Å². The minimum atomic E-state index is -2.86. The van der Waals surface area contributed by atoms with Crippen LogP contribution < -0.4 is 14.8 Å². The van der Waals surface area contributed by atoms with E-state index in [-0.39, 0.29) is 11.9 Å². The van der Waals surface area contributed by atoms with Crippen LogP contribution in [0, 0.1) is 5.92 Å². The molecule has 1 saturated carbocycles. The standard InChI is InChI=1S/C24H32F2N4O3S/c1-24(25,26)15-33-23-29-19-14-30(13-10-20(19)34-23)12-9-16-5-7-17(8-6-16)28-21(31)18-4-3-11-27-22(18)32-2/h3-4,11,16-17H,5-10,12-15H2,1-2H3,(H,28,31). The first-order chi connectivity index (χ1) is 16.3. The van der Waals surface area contributed by atoms with Crippen molar-refractivity contribution in [3.8, 4) is 11.1 Å². The summed E-state index contributed by atoms with van der Waals surface area (Å²) >= 11 is 1.39. The second-order valence-corrected chi connectivity index (χ2v) is 10.3. The lowest BCUT2D eigenvalue weighted by atomic mass is 9.84. The van der Waals surface area contributed by atoms with Crippen LogP contribution in [0.2, 0.25) is 0 Å². The molecule has 0 saturated heterocycles. The Labute approximate surface area is 202 Å². The van der Waals surface area contributed by atoms with Crippen molar-refractivity contribution in [3.05, 3.63) is 34.5 Å². The highest BCUT2D eigenvalue weighted by Crippen LogP contribution is 2.32. The van der Waals surface area contributed by atoms with Gasteiger partial charge in [0, 0.05) is 37.1 Å². The molecular weight excluding hydrogens is 462 g/mol. The first-order valence-electron chi connectivity index (χ1n) is 11.8. The molecule has 186 valence electrons. The lowest BCUT2D eigenvalue weighted by Gasteiger charge is -2.32. The molecule has 34 heavy (non-hydrogen) atoms. The number of carbonyl (C=O) groups is 1. The Morgan fingerprint density at radius 3 is 2.85 bits per heavy atom. The fourth-order valence-corrected chi connectivity index (χ4v) is 5.53. The zero-order chi connectivity index (χ0) is 24.1. The Kier molecular flexibility index (Phi) is 7.98. The molecule has 1 amide bonds. The van der Waals surface area contributed by atoms with E-state index in [0.29, 0.717) is 22.6 Å².